The summed E-state index contributed by atoms with van der Waals surface area (Å²) in [7, 11) is 1.68. The molecule has 20 heavy (non-hydrogen) atoms. The third-order valence-corrected chi connectivity index (χ3v) is 3.85. The molecule has 1 aromatic carbocycles. The van der Waals surface area contributed by atoms with Crippen molar-refractivity contribution >= 4 is 21.6 Å². The molecule has 0 unspecified atom stereocenters. The highest BCUT2D eigenvalue weighted by Crippen LogP contribution is 2.18. The molecular formula is C15H14BrN3O. The largest absolute Gasteiger partial charge is 0.497 e. The van der Waals surface area contributed by atoms with Crippen molar-refractivity contribution in [1.29, 1.82) is 0 Å². The Kier molecular flexibility index (Phi) is 3.69. The number of aromatic nitrogens is 3. The summed E-state index contributed by atoms with van der Waals surface area (Å²) in [5, 5.41) is 8.47. The van der Waals surface area contributed by atoms with Gasteiger partial charge in [-0.2, -0.15) is 0 Å². The first-order valence-electron chi connectivity index (χ1n) is 6.39. The van der Waals surface area contributed by atoms with Crippen LogP contribution in [0.25, 0.3) is 5.65 Å². The van der Waals surface area contributed by atoms with Crippen LogP contribution in [0.5, 0.6) is 5.75 Å². The number of rotatable bonds is 4. The van der Waals surface area contributed by atoms with Crippen LogP contribution < -0.4 is 4.74 Å². The van der Waals surface area contributed by atoms with Gasteiger partial charge in [-0.05, 0) is 52.2 Å². The van der Waals surface area contributed by atoms with E-state index in [9.17, 15) is 0 Å². The van der Waals surface area contributed by atoms with E-state index in [1.54, 1.807) is 7.11 Å². The summed E-state index contributed by atoms with van der Waals surface area (Å²) in [6.45, 7) is 0. The summed E-state index contributed by atoms with van der Waals surface area (Å²) in [5.41, 5.74) is 2.09. The number of pyridine rings is 1. The Morgan fingerprint density at radius 2 is 2.05 bits per heavy atom. The van der Waals surface area contributed by atoms with Crippen LogP contribution in [0.4, 0.5) is 0 Å². The highest BCUT2D eigenvalue weighted by atomic mass is 79.9. The van der Waals surface area contributed by atoms with Gasteiger partial charge in [-0.1, -0.05) is 12.1 Å². The van der Waals surface area contributed by atoms with Crippen LogP contribution in [0.15, 0.2) is 47.1 Å². The van der Waals surface area contributed by atoms with E-state index in [4.69, 9.17) is 4.74 Å². The van der Waals surface area contributed by atoms with Crippen LogP contribution in [0.1, 0.15) is 11.4 Å². The van der Waals surface area contributed by atoms with Crippen molar-refractivity contribution in [2.75, 3.05) is 7.11 Å². The monoisotopic (exact) mass is 331 g/mol. The van der Waals surface area contributed by atoms with Crippen LogP contribution >= 0.6 is 15.9 Å². The molecule has 0 N–H and O–H groups in total. The molecule has 2 aromatic heterocycles. The lowest BCUT2D eigenvalue weighted by molar-refractivity contribution is 0.414. The molecule has 0 atom stereocenters. The lowest BCUT2D eigenvalue weighted by Gasteiger charge is -2.04. The van der Waals surface area contributed by atoms with Crippen molar-refractivity contribution in [3.63, 3.8) is 0 Å². The maximum Gasteiger partial charge on any atom is 0.175 e. The number of fused-ring (bicyclic) bond motifs is 1. The lowest BCUT2D eigenvalue weighted by atomic mass is 10.1. The number of hydrogen-bond donors (Lipinski definition) is 0. The standard InChI is InChI=1S/C15H14BrN3O/c1-20-12-5-2-4-11(10-12)7-8-14-17-18-15-13(16)6-3-9-19(14)15/h2-6,9-10H,7-8H2,1H3. The fraction of sp³-hybridized carbons (Fsp3) is 0.200. The van der Waals surface area contributed by atoms with Gasteiger partial charge in [0, 0.05) is 12.6 Å². The van der Waals surface area contributed by atoms with E-state index >= 15 is 0 Å². The summed E-state index contributed by atoms with van der Waals surface area (Å²) in [6.07, 6.45) is 3.73. The topological polar surface area (TPSA) is 39.4 Å². The molecule has 3 aromatic rings. The minimum Gasteiger partial charge on any atom is -0.497 e. The normalized spacial score (nSPS) is 10.9. The summed E-state index contributed by atoms with van der Waals surface area (Å²) in [6, 6.07) is 12.1. The van der Waals surface area contributed by atoms with Gasteiger partial charge in [0.05, 0.1) is 11.6 Å². The Morgan fingerprint density at radius 3 is 2.90 bits per heavy atom. The predicted molar refractivity (Wildman–Crippen MR) is 81.1 cm³/mol. The number of benzene rings is 1. The van der Waals surface area contributed by atoms with Gasteiger partial charge in [0.2, 0.25) is 0 Å². The Bertz CT molecular complexity index is 739. The molecule has 0 spiro atoms. The van der Waals surface area contributed by atoms with Gasteiger partial charge in [0.1, 0.15) is 11.6 Å². The smallest absolute Gasteiger partial charge is 0.175 e. The summed E-state index contributed by atoms with van der Waals surface area (Å²) >= 11 is 3.49. The van der Waals surface area contributed by atoms with Crippen molar-refractivity contribution in [1.82, 2.24) is 14.6 Å². The quantitative estimate of drug-likeness (QED) is 0.736. The maximum atomic E-state index is 5.24. The van der Waals surface area contributed by atoms with E-state index in [-0.39, 0.29) is 0 Å². The van der Waals surface area contributed by atoms with E-state index in [1.165, 1.54) is 5.56 Å². The van der Waals surface area contributed by atoms with Crippen molar-refractivity contribution in [2.24, 2.45) is 0 Å². The zero-order chi connectivity index (χ0) is 13.9. The highest BCUT2D eigenvalue weighted by molar-refractivity contribution is 9.10. The fourth-order valence-corrected chi connectivity index (χ4v) is 2.61. The Balaban J connectivity index is 1.81. The molecule has 0 radical (unpaired) electrons. The molecule has 0 amide bonds. The fourth-order valence-electron chi connectivity index (χ4n) is 2.19. The van der Waals surface area contributed by atoms with Gasteiger partial charge in [-0.3, -0.25) is 4.40 Å². The molecule has 0 aliphatic heterocycles. The van der Waals surface area contributed by atoms with Crippen LogP contribution in [0.2, 0.25) is 0 Å². The predicted octanol–water partition coefficient (Wildman–Crippen LogP) is 3.29. The number of aryl methyl sites for hydroxylation is 2. The zero-order valence-electron chi connectivity index (χ0n) is 11.1. The molecule has 0 aliphatic rings. The van der Waals surface area contributed by atoms with Gasteiger partial charge >= 0.3 is 0 Å². The molecule has 3 rings (SSSR count). The molecule has 2 heterocycles. The molecule has 0 saturated heterocycles. The highest BCUT2D eigenvalue weighted by Gasteiger charge is 2.07. The van der Waals surface area contributed by atoms with Crippen molar-refractivity contribution in [3.8, 4) is 5.75 Å². The van der Waals surface area contributed by atoms with Gasteiger partial charge in [0.15, 0.2) is 5.65 Å². The molecule has 0 saturated carbocycles. The van der Waals surface area contributed by atoms with E-state index in [1.807, 2.05) is 34.9 Å². The third-order valence-electron chi connectivity index (χ3n) is 3.23. The number of ether oxygens (including phenoxy) is 1. The zero-order valence-corrected chi connectivity index (χ0v) is 12.7. The Hall–Kier alpha value is -1.88. The maximum absolute atomic E-state index is 5.24. The van der Waals surface area contributed by atoms with Crippen LogP contribution in [-0.4, -0.2) is 21.7 Å². The average Bonchev–Trinajstić information content (AvgIpc) is 2.90. The molecule has 5 heteroatoms. The van der Waals surface area contributed by atoms with Crippen LogP contribution in [0, 0.1) is 0 Å². The second-order valence-electron chi connectivity index (χ2n) is 4.52. The summed E-state index contributed by atoms with van der Waals surface area (Å²) < 4.78 is 8.22. The van der Waals surface area contributed by atoms with Crippen LogP contribution in [0.3, 0.4) is 0 Å². The van der Waals surface area contributed by atoms with E-state index in [0.717, 1.165) is 34.5 Å². The summed E-state index contributed by atoms with van der Waals surface area (Å²) in [4.78, 5) is 0. The lowest BCUT2D eigenvalue weighted by Crippen LogP contribution is -1.98. The summed E-state index contributed by atoms with van der Waals surface area (Å²) in [5.74, 6) is 1.85. The number of nitrogens with zero attached hydrogens (tertiary/aromatic N) is 3. The third kappa shape index (κ3) is 2.54. The van der Waals surface area contributed by atoms with Crippen molar-refractivity contribution < 1.29 is 4.74 Å². The van der Waals surface area contributed by atoms with Gasteiger partial charge in [-0.25, -0.2) is 0 Å². The minimum absolute atomic E-state index is 0.838. The van der Waals surface area contributed by atoms with Gasteiger partial charge in [-0.15, -0.1) is 10.2 Å². The van der Waals surface area contributed by atoms with E-state index < -0.39 is 0 Å². The number of methoxy groups -OCH3 is 1. The second-order valence-corrected chi connectivity index (χ2v) is 5.37. The molecular weight excluding hydrogens is 318 g/mol. The average molecular weight is 332 g/mol. The van der Waals surface area contributed by atoms with Gasteiger partial charge < -0.3 is 4.74 Å². The first kappa shape index (κ1) is 13.1. The molecule has 0 bridgehead atoms. The first-order chi connectivity index (χ1) is 9.78. The Morgan fingerprint density at radius 1 is 1.15 bits per heavy atom. The van der Waals surface area contributed by atoms with E-state index in [0.29, 0.717) is 0 Å². The minimum atomic E-state index is 0.838. The van der Waals surface area contributed by atoms with Crippen molar-refractivity contribution in [2.45, 2.75) is 12.8 Å². The molecule has 4 nitrogen and oxygen atoms in total. The second kappa shape index (κ2) is 5.63. The van der Waals surface area contributed by atoms with Crippen molar-refractivity contribution in [3.05, 3.63) is 58.5 Å². The molecule has 0 fully saturated rings. The van der Waals surface area contributed by atoms with E-state index in [2.05, 4.69) is 38.3 Å². The number of hydrogen-bond acceptors (Lipinski definition) is 3. The van der Waals surface area contributed by atoms with Gasteiger partial charge in [0.25, 0.3) is 0 Å². The Labute approximate surface area is 125 Å². The molecule has 0 aliphatic carbocycles. The number of halogens is 1. The first-order valence-corrected chi connectivity index (χ1v) is 7.18. The van der Waals surface area contributed by atoms with Crippen LogP contribution in [-0.2, 0) is 12.8 Å². The SMILES string of the molecule is COc1cccc(CCc2nnc3c(Br)cccn23)c1. The molecule has 102 valence electrons.